The number of aliphatic imine (C=N–C) groups is 1. The van der Waals surface area contributed by atoms with Crippen LogP contribution in [0, 0.1) is 6.92 Å². The summed E-state index contributed by atoms with van der Waals surface area (Å²) in [6.45, 7) is 13.7. The minimum Gasteiger partial charge on any atom is -0.459 e. The van der Waals surface area contributed by atoms with Crippen molar-refractivity contribution >= 4 is 34.1 Å². The van der Waals surface area contributed by atoms with Crippen molar-refractivity contribution in [3.05, 3.63) is 41.5 Å². The number of benzene rings is 1. The van der Waals surface area contributed by atoms with E-state index >= 15 is 0 Å². The molecule has 1 aromatic heterocycles. The van der Waals surface area contributed by atoms with Crippen molar-refractivity contribution < 1.29 is 9.53 Å². The predicted octanol–water partition coefficient (Wildman–Crippen LogP) is 6.44. The zero-order valence-electron chi connectivity index (χ0n) is 21.8. The Bertz CT molecular complexity index is 1020. The average Bonchev–Trinajstić information content (AvgIpc) is 2.76. The number of pyridine rings is 1. The fraction of sp³-hybridized carbons (Fsp3) is 0.536. The van der Waals surface area contributed by atoms with Crippen LogP contribution in [0.2, 0.25) is 0 Å². The monoisotopic (exact) mass is 466 g/mol. The zero-order chi connectivity index (χ0) is 25.1. The average molecular weight is 467 g/mol. The largest absolute Gasteiger partial charge is 0.459 e. The number of fused-ring (bicyclic) bond motifs is 1. The second kappa shape index (κ2) is 13.2. The summed E-state index contributed by atoms with van der Waals surface area (Å²) in [7, 11) is 0. The van der Waals surface area contributed by atoms with Gasteiger partial charge in [-0.2, -0.15) is 0 Å². The van der Waals surface area contributed by atoms with Gasteiger partial charge in [-0.3, -0.25) is 4.79 Å². The van der Waals surface area contributed by atoms with Crippen LogP contribution in [0.1, 0.15) is 78.7 Å². The molecule has 6 heteroatoms. The number of hydrogen-bond donors (Lipinski definition) is 2. The topological polar surface area (TPSA) is 89.6 Å². The SMILES string of the molecule is CCCCCCC(=O)OC(C)(C)C/C(C)=C\C(CNCC)=Nc1c(N)nc2ccccc2c1C. The van der Waals surface area contributed by atoms with Gasteiger partial charge in [0, 0.05) is 24.8 Å². The molecular weight excluding hydrogens is 424 g/mol. The van der Waals surface area contributed by atoms with Crippen LogP contribution < -0.4 is 11.1 Å². The molecular formula is C28H42N4O2. The highest BCUT2D eigenvalue weighted by Gasteiger charge is 2.23. The number of anilines is 1. The number of aromatic nitrogens is 1. The molecule has 0 bridgehead atoms. The first-order chi connectivity index (χ1) is 16.2. The number of aryl methyl sites for hydroxylation is 1. The number of esters is 1. The van der Waals surface area contributed by atoms with E-state index in [-0.39, 0.29) is 5.97 Å². The summed E-state index contributed by atoms with van der Waals surface area (Å²) in [6.07, 6.45) is 7.44. The maximum Gasteiger partial charge on any atom is 0.306 e. The summed E-state index contributed by atoms with van der Waals surface area (Å²) in [4.78, 5) is 21.8. The molecule has 0 fully saturated rings. The number of para-hydroxylation sites is 1. The van der Waals surface area contributed by atoms with Crippen LogP contribution in [0.15, 0.2) is 40.9 Å². The van der Waals surface area contributed by atoms with Crippen LogP contribution in [0.5, 0.6) is 0 Å². The van der Waals surface area contributed by atoms with Gasteiger partial charge in [0.15, 0.2) is 0 Å². The van der Waals surface area contributed by atoms with Gasteiger partial charge in [-0.25, -0.2) is 9.98 Å². The Labute approximate surface area is 205 Å². The number of hydrogen-bond acceptors (Lipinski definition) is 6. The van der Waals surface area contributed by atoms with E-state index < -0.39 is 5.60 Å². The van der Waals surface area contributed by atoms with E-state index in [4.69, 9.17) is 15.5 Å². The van der Waals surface area contributed by atoms with Gasteiger partial charge in [0.25, 0.3) is 0 Å². The van der Waals surface area contributed by atoms with E-state index in [1.807, 2.05) is 52.0 Å². The van der Waals surface area contributed by atoms with E-state index in [0.717, 1.165) is 60.0 Å². The van der Waals surface area contributed by atoms with Gasteiger partial charge in [-0.05, 0) is 58.4 Å². The van der Waals surface area contributed by atoms with Crippen molar-refractivity contribution in [2.45, 2.75) is 85.7 Å². The third-order valence-electron chi connectivity index (χ3n) is 5.70. The van der Waals surface area contributed by atoms with Gasteiger partial charge in [0.2, 0.25) is 0 Å². The molecule has 1 heterocycles. The van der Waals surface area contributed by atoms with Gasteiger partial charge in [0.05, 0.1) is 11.2 Å². The molecule has 6 nitrogen and oxygen atoms in total. The number of nitrogen functional groups attached to an aromatic ring is 1. The van der Waals surface area contributed by atoms with Gasteiger partial charge in [-0.15, -0.1) is 0 Å². The standard InChI is InChI=1S/C28H42N4O2/c1-7-9-10-11-16-25(33)34-28(5,6)18-20(3)17-22(19-30-8-2)31-26-21(4)23-14-12-13-15-24(23)32-27(26)29/h12-15,17,30H,7-11,16,18-19H2,1-6H3,(H2,29,32)/b20-17-,31-22?. The first kappa shape index (κ1) is 27.5. The molecule has 34 heavy (non-hydrogen) atoms. The lowest BCUT2D eigenvalue weighted by Crippen LogP contribution is -2.28. The van der Waals surface area contributed by atoms with Crippen LogP contribution in [0.3, 0.4) is 0 Å². The van der Waals surface area contributed by atoms with Crippen molar-refractivity contribution in [1.82, 2.24) is 10.3 Å². The van der Waals surface area contributed by atoms with Gasteiger partial charge in [0.1, 0.15) is 17.1 Å². The minimum atomic E-state index is -0.578. The zero-order valence-corrected chi connectivity index (χ0v) is 21.8. The van der Waals surface area contributed by atoms with Crippen LogP contribution in [0.4, 0.5) is 11.5 Å². The predicted molar refractivity (Wildman–Crippen MR) is 144 cm³/mol. The molecule has 186 valence electrons. The fourth-order valence-corrected chi connectivity index (χ4v) is 4.15. The lowest BCUT2D eigenvalue weighted by Gasteiger charge is -2.26. The molecule has 0 saturated heterocycles. The summed E-state index contributed by atoms with van der Waals surface area (Å²) in [5.74, 6) is 0.301. The summed E-state index contributed by atoms with van der Waals surface area (Å²) >= 11 is 0. The maximum absolute atomic E-state index is 12.3. The second-order valence-corrected chi connectivity index (χ2v) is 9.58. The highest BCUT2D eigenvalue weighted by molar-refractivity contribution is 6.01. The van der Waals surface area contributed by atoms with E-state index in [1.54, 1.807) is 0 Å². The van der Waals surface area contributed by atoms with Gasteiger partial charge < -0.3 is 15.8 Å². The molecule has 0 atom stereocenters. The Morgan fingerprint density at radius 3 is 2.65 bits per heavy atom. The van der Waals surface area contributed by atoms with E-state index in [9.17, 15) is 4.79 Å². The van der Waals surface area contributed by atoms with Crippen molar-refractivity contribution in [1.29, 1.82) is 0 Å². The Balaban J connectivity index is 2.21. The molecule has 0 aliphatic heterocycles. The molecule has 0 radical (unpaired) electrons. The number of rotatable bonds is 13. The molecule has 1 aromatic carbocycles. The number of nitrogens with two attached hydrogens (primary N) is 1. The normalized spacial score (nSPS) is 12.9. The van der Waals surface area contributed by atoms with Gasteiger partial charge in [-0.1, -0.05) is 56.9 Å². The van der Waals surface area contributed by atoms with Crippen molar-refractivity contribution in [3.63, 3.8) is 0 Å². The second-order valence-electron chi connectivity index (χ2n) is 9.58. The van der Waals surface area contributed by atoms with Crippen LogP contribution in [0.25, 0.3) is 10.9 Å². The number of ether oxygens (including phenoxy) is 1. The van der Waals surface area contributed by atoms with E-state index in [0.29, 0.717) is 30.9 Å². The van der Waals surface area contributed by atoms with E-state index in [1.165, 1.54) is 0 Å². The highest BCUT2D eigenvalue weighted by atomic mass is 16.6. The van der Waals surface area contributed by atoms with E-state index in [2.05, 4.69) is 30.2 Å². The Kier molecular flexibility index (Phi) is 10.7. The number of carbonyl (C=O) groups is 1. The Morgan fingerprint density at radius 2 is 1.94 bits per heavy atom. The summed E-state index contributed by atoms with van der Waals surface area (Å²) in [5.41, 5.74) is 10.3. The molecule has 2 rings (SSSR count). The Hall–Kier alpha value is -2.73. The van der Waals surface area contributed by atoms with Crippen molar-refractivity contribution in [3.8, 4) is 0 Å². The summed E-state index contributed by atoms with van der Waals surface area (Å²) < 4.78 is 5.79. The molecule has 0 aliphatic carbocycles. The quantitative estimate of drug-likeness (QED) is 0.201. The van der Waals surface area contributed by atoms with Crippen LogP contribution in [-0.4, -0.2) is 35.4 Å². The number of unbranched alkanes of at least 4 members (excludes halogenated alkanes) is 3. The lowest BCUT2D eigenvalue weighted by molar-refractivity contribution is -0.156. The molecule has 2 aromatic rings. The van der Waals surface area contributed by atoms with Crippen molar-refractivity contribution in [2.24, 2.45) is 4.99 Å². The third-order valence-corrected chi connectivity index (χ3v) is 5.70. The summed E-state index contributed by atoms with van der Waals surface area (Å²) in [5, 5.41) is 4.40. The summed E-state index contributed by atoms with van der Waals surface area (Å²) in [6, 6.07) is 7.96. The fourth-order valence-electron chi connectivity index (χ4n) is 4.15. The molecule has 0 saturated carbocycles. The van der Waals surface area contributed by atoms with Crippen LogP contribution >= 0.6 is 0 Å². The maximum atomic E-state index is 12.3. The van der Waals surface area contributed by atoms with Crippen LogP contribution in [-0.2, 0) is 9.53 Å². The number of nitrogens with one attached hydrogen (secondary N) is 1. The third kappa shape index (κ3) is 8.56. The van der Waals surface area contributed by atoms with Gasteiger partial charge >= 0.3 is 5.97 Å². The molecule has 0 aliphatic rings. The lowest BCUT2D eigenvalue weighted by atomic mass is 9.98. The first-order valence-corrected chi connectivity index (χ1v) is 12.5. The number of carbonyl (C=O) groups excluding carboxylic acids is 1. The van der Waals surface area contributed by atoms with Crippen molar-refractivity contribution in [2.75, 3.05) is 18.8 Å². The smallest absolute Gasteiger partial charge is 0.306 e. The molecule has 0 amide bonds. The minimum absolute atomic E-state index is 0.124. The first-order valence-electron chi connectivity index (χ1n) is 12.5. The molecule has 0 unspecified atom stereocenters. The Morgan fingerprint density at radius 1 is 1.21 bits per heavy atom. The highest BCUT2D eigenvalue weighted by Crippen LogP contribution is 2.31. The molecule has 3 N–H and O–H groups in total. The molecule has 0 spiro atoms. The number of nitrogens with zero attached hydrogens (tertiary/aromatic N) is 2.